The first kappa shape index (κ1) is 22.6. The number of nitrogens with one attached hydrogen (secondary N) is 1. The van der Waals surface area contributed by atoms with Crippen molar-refractivity contribution in [1.82, 2.24) is 9.62 Å². The minimum Gasteiger partial charge on any atom is -0.493 e. The van der Waals surface area contributed by atoms with Gasteiger partial charge in [-0.15, -0.1) is 0 Å². The highest BCUT2D eigenvalue weighted by molar-refractivity contribution is 7.88. The maximum Gasteiger partial charge on any atom is 0.410 e. The number of fused-ring (bicyclic) bond motifs is 5. The van der Waals surface area contributed by atoms with Crippen LogP contribution in [0.5, 0.6) is 5.75 Å². The minimum atomic E-state index is -3.40. The number of ether oxygens (including phenoxy) is 2. The van der Waals surface area contributed by atoms with Gasteiger partial charge in [-0.25, -0.2) is 17.9 Å². The molecule has 4 rings (SSSR count). The number of rotatable bonds is 2. The van der Waals surface area contributed by atoms with Crippen LogP contribution in [0.3, 0.4) is 0 Å². The van der Waals surface area contributed by atoms with E-state index >= 15 is 0 Å². The van der Waals surface area contributed by atoms with Gasteiger partial charge in [-0.2, -0.15) is 0 Å². The Morgan fingerprint density at radius 3 is 2.59 bits per heavy atom. The van der Waals surface area contributed by atoms with E-state index < -0.39 is 10.0 Å². The number of sulfonamides is 1. The standard InChI is InChI=1S/C24H30N2O5S/c1-32(28,29)25-21-12-13-26-22(21)17-18-8-7-9-19(16-18)20-10-3-4-11-23(20)30-14-5-2-6-15-31-24(26)27/h3-4,7-11,16,21-22,25H,2,5-6,12-15,17H2,1H3. The van der Waals surface area contributed by atoms with E-state index in [1.54, 1.807) is 4.90 Å². The number of carbonyl (C=O) groups excluding carboxylic acids is 1. The average Bonchev–Trinajstić information content (AvgIpc) is 3.13. The van der Waals surface area contributed by atoms with Gasteiger partial charge in [0.15, 0.2) is 0 Å². The third kappa shape index (κ3) is 5.61. The fourth-order valence-electron chi connectivity index (χ4n) is 4.49. The highest BCUT2D eigenvalue weighted by atomic mass is 32.2. The first-order valence-electron chi connectivity index (χ1n) is 11.1. The van der Waals surface area contributed by atoms with E-state index in [1.165, 1.54) is 0 Å². The van der Waals surface area contributed by atoms with E-state index in [-0.39, 0.29) is 18.2 Å². The van der Waals surface area contributed by atoms with Gasteiger partial charge >= 0.3 is 6.09 Å². The Morgan fingerprint density at radius 2 is 1.78 bits per heavy atom. The second-order valence-corrected chi connectivity index (χ2v) is 10.3. The summed E-state index contributed by atoms with van der Waals surface area (Å²) in [5.41, 5.74) is 3.08. The Balaban J connectivity index is 1.68. The first-order chi connectivity index (χ1) is 15.4. The molecule has 1 N–H and O–H groups in total. The molecule has 1 fully saturated rings. The van der Waals surface area contributed by atoms with Gasteiger partial charge in [0.1, 0.15) is 5.75 Å². The molecule has 172 valence electrons. The molecule has 1 amide bonds. The lowest BCUT2D eigenvalue weighted by molar-refractivity contribution is 0.0944. The van der Waals surface area contributed by atoms with Crippen LogP contribution in [0.2, 0.25) is 0 Å². The molecule has 32 heavy (non-hydrogen) atoms. The summed E-state index contributed by atoms with van der Waals surface area (Å²) in [6, 6.07) is 15.5. The van der Waals surface area contributed by atoms with E-state index in [9.17, 15) is 13.2 Å². The molecule has 2 aliphatic heterocycles. The fourth-order valence-corrected chi connectivity index (χ4v) is 5.31. The van der Waals surface area contributed by atoms with Crippen LogP contribution in [0.25, 0.3) is 11.1 Å². The van der Waals surface area contributed by atoms with E-state index in [0.29, 0.717) is 32.6 Å². The minimum absolute atomic E-state index is 0.313. The van der Waals surface area contributed by atoms with Crippen LogP contribution in [0, 0.1) is 0 Å². The lowest BCUT2D eigenvalue weighted by atomic mass is 9.96. The van der Waals surface area contributed by atoms with Crippen LogP contribution in [0.15, 0.2) is 48.5 Å². The second-order valence-electron chi connectivity index (χ2n) is 8.47. The zero-order valence-corrected chi connectivity index (χ0v) is 19.1. The largest absolute Gasteiger partial charge is 0.493 e. The summed E-state index contributed by atoms with van der Waals surface area (Å²) in [7, 11) is -3.40. The number of cyclic esters (lactones) is 1. The summed E-state index contributed by atoms with van der Waals surface area (Å²) < 4.78 is 38.1. The summed E-state index contributed by atoms with van der Waals surface area (Å²) in [6.45, 7) is 1.42. The Morgan fingerprint density at radius 1 is 1.00 bits per heavy atom. The second kappa shape index (κ2) is 9.92. The van der Waals surface area contributed by atoms with Crippen molar-refractivity contribution in [3.63, 3.8) is 0 Å². The maximum absolute atomic E-state index is 12.8. The van der Waals surface area contributed by atoms with Crippen LogP contribution in [0.1, 0.15) is 31.2 Å². The molecule has 7 nitrogen and oxygen atoms in total. The summed E-state index contributed by atoms with van der Waals surface area (Å²) in [6.07, 6.45) is 4.39. The number of benzene rings is 2. The molecular weight excluding hydrogens is 428 g/mol. The van der Waals surface area contributed by atoms with Crippen LogP contribution in [-0.2, 0) is 21.2 Å². The summed E-state index contributed by atoms with van der Waals surface area (Å²) >= 11 is 0. The van der Waals surface area contributed by atoms with Crippen molar-refractivity contribution in [3.05, 3.63) is 54.1 Å². The van der Waals surface area contributed by atoms with Crippen molar-refractivity contribution in [2.24, 2.45) is 0 Å². The van der Waals surface area contributed by atoms with Gasteiger partial charge in [-0.1, -0.05) is 42.5 Å². The zero-order valence-electron chi connectivity index (χ0n) is 18.3. The van der Waals surface area contributed by atoms with Crippen molar-refractivity contribution in [3.8, 4) is 16.9 Å². The molecular formula is C24H30N2O5S. The maximum atomic E-state index is 12.8. The number of para-hydroxylation sites is 1. The average molecular weight is 459 g/mol. The smallest absolute Gasteiger partial charge is 0.410 e. The summed E-state index contributed by atoms with van der Waals surface area (Å²) in [5.74, 6) is 0.849. The Hall–Kier alpha value is -2.58. The molecule has 2 aromatic carbocycles. The number of hydrogen-bond acceptors (Lipinski definition) is 5. The SMILES string of the molecule is CS(=O)(=O)NC1CCN2C(=O)OCCCCCOc3ccccc3-c3cccc(c3)CC12. The van der Waals surface area contributed by atoms with Crippen LogP contribution < -0.4 is 9.46 Å². The van der Waals surface area contributed by atoms with E-state index in [0.717, 1.165) is 48.0 Å². The van der Waals surface area contributed by atoms with Gasteiger partial charge in [0, 0.05) is 18.2 Å². The molecule has 2 bridgehead atoms. The van der Waals surface area contributed by atoms with E-state index in [4.69, 9.17) is 9.47 Å². The number of carbonyl (C=O) groups is 1. The van der Waals surface area contributed by atoms with Gasteiger partial charge in [-0.3, -0.25) is 0 Å². The monoisotopic (exact) mass is 458 g/mol. The summed E-state index contributed by atoms with van der Waals surface area (Å²) in [5, 5.41) is 0. The lowest BCUT2D eigenvalue weighted by Crippen LogP contribution is -2.47. The molecule has 2 aliphatic rings. The van der Waals surface area contributed by atoms with E-state index in [2.05, 4.69) is 10.8 Å². The van der Waals surface area contributed by atoms with Gasteiger partial charge < -0.3 is 14.4 Å². The van der Waals surface area contributed by atoms with Gasteiger partial charge in [0.2, 0.25) is 10.0 Å². The molecule has 2 heterocycles. The third-order valence-corrected chi connectivity index (χ3v) is 6.72. The zero-order chi connectivity index (χ0) is 22.6. The van der Waals surface area contributed by atoms with Crippen molar-refractivity contribution in [2.45, 2.75) is 44.2 Å². The highest BCUT2D eigenvalue weighted by Gasteiger charge is 2.39. The molecule has 0 radical (unpaired) electrons. The molecule has 0 aromatic heterocycles. The van der Waals surface area contributed by atoms with E-state index in [1.807, 2.05) is 42.5 Å². The molecule has 2 aromatic rings. The molecule has 0 spiro atoms. The van der Waals surface area contributed by atoms with Gasteiger partial charge in [-0.05, 0) is 49.3 Å². The predicted molar refractivity (Wildman–Crippen MR) is 123 cm³/mol. The van der Waals surface area contributed by atoms with Gasteiger partial charge in [0.05, 0.1) is 25.5 Å². The first-order valence-corrected chi connectivity index (χ1v) is 13.0. The Bertz CT molecular complexity index is 1060. The normalized spacial score (nSPS) is 22.4. The Kier molecular flexibility index (Phi) is 7.01. The number of amides is 1. The van der Waals surface area contributed by atoms with Crippen molar-refractivity contribution in [2.75, 3.05) is 26.0 Å². The third-order valence-electron chi connectivity index (χ3n) is 5.99. The van der Waals surface area contributed by atoms with Crippen molar-refractivity contribution in [1.29, 1.82) is 0 Å². The quantitative estimate of drug-likeness (QED) is 0.744. The van der Waals surface area contributed by atoms with Crippen LogP contribution in [0.4, 0.5) is 4.79 Å². The number of hydrogen-bond donors (Lipinski definition) is 1. The highest BCUT2D eigenvalue weighted by Crippen LogP contribution is 2.32. The molecule has 2 atom stereocenters. The Labute approximate surface area is 189 Å². The fraction of sp³-hybridized carbons (Fsp3) is 0.458. The van der Waals surface area contributed by atoms with Crippen LogP contribution in [-0.4, -0.2) is 57.5 Å². The molecule has 0 aliphatic carbocycles. The predicted octanol–water partition coefficient (Wildman–Crippen LogP) is 3.59. The molecule has 2 unspecified atom stereocenters. The lowest BCUT2D eigenvalue weighted by Gasteiger charge is -2.28. The van der Waals surface area contributed by atoms with Crippen LogP contribution >= 0.6 is 0 Å². The number of nitrogens with zero attached hydrogens (tertiary/aromatic N) is 1. The molecule has 1 saturated heterocycles. The molecule has 0 saturated carbocycles. The van der Waals surface area contributed by atoms with Gasteiger partial charge in [0.25, 0.3) is 0 Å². The summed E-state index contributed by atoms with van der Waals surface area (Å²) in [4.78, 5) is 14.5. The topological polar surface area (TPSA) is 84.9 Å². The molecule has 8 heteroatoms. The van der Waals surface area contributed by atoms with Crippen molar-refractivity contribution < 1.29 is 22.7 Å². The van der Waals surface area contributed by atoms with Crippen molar-refractivity contribution >= 4 is 16.1 Å².